The van der Waals surface area contributed by atoms with Gasteiger partial charge in [0.05, 0.1) is 11.0 Å². The predicted octanol–water partition coefficient (Wildman–Crippen LogP) is 2.75. The maximum absolute atomic E-state index is 5.10. The first-order valence-electron chi connectivity index (χ1n) is 4.50. The molecule has 0 aromatic carbocycles. The molecule has 4 nitrogen and oxygen atoms in total. The van der Waals surface area contributed by atoms with Crippen molar-refractivity contribution in [1.29, 1.82) is 0 Å². The zero-order chi connectivity index (χ0) is 10.7. The summed E-state index contributed by atoms with van der Waals surface area (Å²) >= 11 is 3.41. The molecular weight excluding hydrogens is 258 g/mol. The first kappa shape index (κ1) is 10.2. The molecule has 0 unspecified atom stereocenters. The SMILES string of the molecule is Cc1ocnc1CNc1ncccc1Br. The van der Waals surface area contributed by atoms with E-state index in [0.717, 1.165) is 21.7 Å². The number of aryl methyl sites for hydroxylation is 1. The standard InChI is InChI=1S/C10H10BrN3O/c1-7-9(14-6-15-7)5-13-10-8(11)3-2-4-12-10/h2-4,6H,5H2,1H3,(H,12,13). The van der Waals surface area contributed by atoms with Crippen molar-refractivity contribution in [3.05, 3.63) is 40.7 Å². The molecule has 2 rings (SSSR count). The average molecular weight is 268 g/mol. The third-order valence-electron chi connectivity index (χ3n) is 2.03. The molecule has 0 amide bonds. The third kappa shape index (κ3) is 2.36. The molecule has 0 spiro atoms. The number of aromatic nitrogens is 2. The zero-order valence-electron chi connectivity index (χ0n) is 8.20. The van der Waals surface area contributed by atoms with Crippen molar-refractivity contribution in [1.82, 2.24) is 9.97 Å². The molecule has 0 radical (unpaired) electrons. The minimum Gasteiger partial charge on any atom is -0.448 e. The summed E-state index contributed by atoms with van der Waals surface area (Å²) in [5.41, 5.74) is 0.896. The van der Waals surface area contributed by atoms with Crippen LogP contribution in [0, 0.1) is 6.92 Å². The molecule has 0 saturated heterocycles. The summed E-state index contributed by atoms with van der Waals surface area (Å²) in [6.07, 6.45) is 3.18. The maximum Gasteiger partial charge on any atom is 0.181 e. The normalized spacial score (nSPS) is 10.3. The quantitative estimate of drug-likeness (QED) is 0.929. The van der Waals surface area contributed by atoms with E-state index < -0.39 is 0 Å². The number of hydrogen-bond donors (Lipinski definition) is 1. The zero-order valence-corrected chi connectivity index (χ0v) is 9.78. The monoisotopic (exact) mass is 267 g/mol. The number of nitrogens with one attached hydrogen (secondary N) is 1. The lowest BCUT2D eigenvalue weighted by molar-refractivity contribution is 0.524. The number of anilines is 1. The summed E-state index contributed by atoms with van der Waals surface area (Å²) in [5.74, 6) is 1.63. The average Bonchev–Trinajstić information content (AvgIpc) is 2.63. The summed E-state index contributed by atoms with van der Waals surface area (Å²) in [5, 5.41) is 3.18. The maximum atomic E-state index is 5.10. The molecule has 2 heterocycles. The second-order valence-corrected chi connectivity index (χ2v) is 3.90. The lowest BCUT2D eigenvalue weighted by Crippen LogP contribution is -2.03. The van der Waals surface area contributed by atoms with Crippen molar-refractivity contribution in [2.75, 3.05) is 5.32 Å². The molecule has 0 aliphatic heterocycles. The van der Waals surface area contributed by atoms with Crippen LogP contribution in [0.3, 0.4) is 0 Å². The fourth-order valence-electron chi connectivity index (χ4n) is 1.18. The Morgan fingerprint density at radius 3 is 3.00 bits per heavy atom. The summed E-state index contributed by atoms with van der Waals surface area (Å²) in [4.78, 5) is 8.28. The lowest BCUT2D eigenvalue weighted by Gasteiger charge is -2.05. The van der Waals surface area contributed by atoms with E-state index in [1.165, 1.54) is 6.39 Å². The van der Waals surface area contributed by atoms with Gasteiger partial charge in [-0.1, -0.05) is 0 Å². The number of rotatable bonds is 3. The molecule has 2 aromatic rings. The van der Waals surface area contributed by atoms with Gasteiger partial charge >= 0.3 is 0 Å². The van der Waals surface area contributed by atoms with Gasteiger partial charge in [-0.25, -0.2) is 9.97 Å². The van der Waals surface area contributed by atoms with E-state index in [4.69, 9.17) is 4.42 Å². The van der Waals surface area contributed by atoms with Gasteiger partial charge in [0, 0.05) is 6.20 Å². The second-order valence-electron chi connectivity index (χ2n) is 3.04. The first-order valence-corrected chi connectivity index (χ1v) is 5.30. The van der Waals surface area contributed by atoms with Crippen LogP contribution in [0.1, 0.15) is 11.5 Å². The lowest BCUT2D eigenvalue weighted by atomic mass is 10.3. The van der Waals surface area contributed by atoms with Gasteiger partial charge in [0.2, 0.25) is 0 Å². The number of oxazole rings is 1. The fraction of sp³-hybridized carbons (Fsp3) is 0.200. The highest BCUT2D eigenvalue weighted by molar-refractivity contribution is 9.10. The van der Waals surface area contributed by atoms with Crippen molar-refractivity contribution in [2.45, 2.75) is 13.5 Å². The van der Waals surface area contributed by atoms with Crippen molar-refractivity contribution >= 4 is 21.7 Å². The van der Waals surface area contributed by atoms with Gasteiger partial charge in [-0.15, -0.1) is 0 Å². The van der Waals surface area contributed by atoms with Crippen LogP contribution in [0.15, 0.2) is 33.6 Å². The highest BCUT2D eigenvalue weighted by Gasteiger charge is 2.04. The van der Waals surface area contributed by atoms with E-state index in [1.54, 1.807) is 6.20 Å². The Kier molecular flexibility index (Phi) is 3.01. The van der Waals surface area contributed by atoms with E-state index in [0.29, 0.717) is 6.54 Å². The van der Waals surface area contributed by atoms with Crippen molar-refractivity contribution in [2.24, 2.45) is 0 Å². The minimum atomic E-state index is 0.609. The van der Waals surface area contributed by atoms with Crippen LogP contribution in [0.5, 0.6) is 0 Å². The smallest absolute Gasteiger partial charge is 0.181 e. The van der Waals surface area contributed by atoms with Crippen LogP contribution < -0.4 is 5.32 Å². The molecule has 0 saturated carbocycles. The second kappa shape index (κ2) is 4.44. The van der Waals surface area contributed by atoms with E-state index in [1.807, 2.05) is 19.1 Å². The van der Waals surface area contributed by atoms with Crippen molar-refractivity contribution in [3.63, 3.8) is 0 Å². The number of nitrogens with zero attached hydrogens (tertiary/aromatic N) is 2. The Morgan fingerprint density at radius 2 is 2.33 bits per heavy atom. The van der Waals surface area contributed by atoms with Gasteiger partial charge in [-0.3, -0.25) is 0 Å². The van der Waals surface area contributed by atoms with E-state index in [9.17, 15) is 0 Å². The summed E-state index contributed by atoms with van der Waals surface area (Å²) < 4.78 is 6.04. The highest BCUT2D eigenvalue weighted by atomic mass is 79.9. The van der Waals surface area contributed by atoms with Gasteiger partial charge in [0.1, 0.15) is 17.3 Å². The van der Waals surface area contributed by atoms with Gasteiger partial charge in [0.15, 0.2) is 6.39 Å². The molecule has 1 N–H and O–H groups in total. The largest absolute Gasteiger partial charge is 0.448 e. The Balaban J connectivity index is 2.06. The summed E-state index contributed by atoms with van der Waals surface area (Å²) in [6, 6.07) is 3.81. The number of halogens is 1. The molecule has 0 aliphatic carbocycles. The topological polar surface area (TPSA) is 51.0 Å². The Morgan fingerprint density at radius 1 is 1.47 bits per heavy atom. The van der Waals surface area contributed by atoms with Crippen molar-refractivity contribution < 1.29 is 4.42 Å². The molecule has 5 heteroatoms. The van der Waals surface area contributed by atoms with Crippen molar-refractivity contribution in [3.8, 4) is 0 Å². The van der Waals surface area contributed by atoms with E-state index in [-0.39, 0.29) is 0 Å². The van der Waals surface area contributed by atoms with Crippen LogP contribution in [0.4, 0.5) is 5.82 Å². The van der Waals surface area contributed by atoms with E-state index >= 15 is 0 Å². The summed E-state index contributed by atoms with van der Waals surface area (Å²) in [6.45, 7) is 2.50. The molecular formula is C10H10BrN3O. The number of hydrogen-bond acceptors (Lipinski definition) is 4. The Bertz CT molecular complexity index is 455. The van der Waals surface area contributed by atoms with Crippen LogP contribution in [0.25, 0.3) is 0 Å². The van der Waals surface area contributed by atoms with Gasteiger partial charge < -0.3 is 9.73 Å². The van der Waals surface area contributed by atoms with E-state index in [2.05, 4.69) is 31.2 Å². The third-order valence-corrected chi connectivity index (χ3v) is 2.67. The molecule has 0 atom stereocenters. The van der Waals surface area contributed by atoms with Gasteiger partial charge in [0.25, 0.3) is 0 Å². The molecule has 2 aromatic heterocycles. The molecule has 0 fully saturated rings. The predicted molar refractivity (Wildman–Crippen MR) is 60.5 cm³/mol. The molecule has 0 bridgehead atoms. The molecule has 15 heavy (non-hydrogen) atoms. The van der Waals surface area contributed by atoms with Gasteiger partial charge in [-0.05, 0) is 35.0 Å². The Hall–Kier alpha value is -1.36. The fourth-order valence-corrected chi connectivity index (χ4v) is 1.58. The Labute approximate surface area is 95.9 Å². The first-order chi connectivity index (χ1) is 7.27. The van der Waals surface area contributed by atoms with Crippen LogP contribution in [0.2, 0.25) is 0 Å². The van der Waals surface area contributed by atoms with Gasteiger partial charge in [-0.2, -0.15) is 0 Å². The molecule has 78 valence electrons. The van der Waals surface area contributed by atoms with Crippen LogP contribution in [-0.4, -0.2) is 9.97 Å². The van der Waals surface area contributed by atoms with Crippen LogP contribution in [-0.2, 0) is 6.54 Å². The van der Waals surface area contributed by atoms with Crippen LogP contribution >= 0.6 is 15.9 Å². The summed E-state index contributed by atoms with van der Waals surface area (Å²) in [7, 11) is 0. The highest BCUT2D eigenvalue weighted by Crippen LogP contribution is 2.19. The molecule has 0 aliphatic rings. The number of pyridine rings is 1. The minimum absolute atomic E-state index is 0.609.